The maximum atomic E-state index is 13.1. The van der Waals surface area contributed by atoms with Crippen molar-refractivity contribution in [3.63, 3.8) is 0 Å². The number of hydrogen-bond donors (Lipinski definition) is 2. The van der Waals surface area contributed by atoms with Crippen LogP contribution in [-0.4, -0.2) is 48.9 Å². The summed E-state index contributed by atoms with van der Waals surface area (Å²) in [4.78, 5) is 51.6. The maximum Gasteiger partial charge on any atom is 0.335 e. The summed E-state index contributed by atoms with van der Waals surface area (Å²) in [6.07, 6.45) is 1.29. The van der Waals surface area contributed by atoms with Crippen molar-refractivity contribution in [1.82, 2.24) is 10.6 Å². The topological polar surface area (TPSA) is 125 Å². The predicted molar refractivity (Wildman–Crippen MR) is 119 cm³/mol. The molecular formula is C21H18ClN5O5. The van der Waals surface area contributed by atoms with Gasteiger partial charge in [-0.15, -0.1) is 0 Å². The molecule has 0 aromatic heterocycles. The largest absolute Gasteiger partial charge is 0.368 e. The number of anilines is 2. The Balaban J connectivity index is 1.78. The maximum absolute atomic E-state index is 13.1. The molecule has 0 spiro atoms. The molecule has 2 aromatic rings. The van der Waals surface area contributed by atoms with Crippen LogP contribution in [0, 0.1) is 10.1 Å². The Labute approximate surface area is 187 Å². The monoisotopic (exact) mass is 455 g/mol. The molecule has 2 fully saturated rings. The van der Waals surface area contributed by atoms with Crippen LogP contribution in [0.5, 0.6) is 0 Å². The third-order valence-electron chi connectivity index (χ3n) is 5.17. The number of imide groups is 2. The van der Waals surface area contributed by atoms with Crippen LogP contribution in [0.25, 0.3) is 6.08 Å². The molecule has 0 bridgehead atoms. The van der Waals surface area contributed by atoms with E-state index in [1.165, 1.54) is 42.5 Å². The average molecular weight is 456 g/mol. The minimum absolute atomic E-state index is 0.176. The fraction of sp³-hybridized carbons (Fsp3) is 0.190. The molecule has 2 N–H and O–H groups in total. The van der Waals surface area contributed by atoms with Crippen LogP contribution < -0.4 is 20.4 Å². The lowest BCUT2D eigenvalue weighted by molar-refractivity contribution is -0.384. The highest BCUT2D eigenvalue weighted by Gasteiger charge is 2.37. The minimum atomic E-state index is -0.888. The van der Waals surface area contributed by atoms with Gasteiger partial charge < -0.3 is 10.2 Å². The van der Waals surface area contributed by atoms with E-state index < -0.39 is 22.8 Å². The number of halogens is 1. The first-order valence-electron chi connectivity index (χ1n) is 9.76. The molecule has 10 nitrogen and oxygen atoms in total. The highest BCUT2D eigenvalue weighted by molar-refractivity contribution is 6.39. The predicted octanol–water partition coefficient (Wildman–Crippen LogP) is 2.32. The highest BCUT2D eigenvalue weighted by atomic mass is 35.5. The Hall–Kier alpha value is -3.76. The quantitative estimate of drug-likeness (QED) is 0.313. The number of carbonyl (C=O) groups is 3. The number of urea groups is 1. The summed E-state index contributed by atoms with van der Waals surface area (Å²) in [5, 5.41) is 17.1. The number of rotatable bonds is 4. The van der Waals surface area contributed by atoms with E-state index >= 15 is 0 Å². The van der Waals surface area contributed by atoms with Gasteiger partial charge in [0.05, 0.1) is 10.6 Å². The van der Waals surface area contributed by atoms with Crippen LogP contribution in [0.2, 0.25) is 5.02 Å². The van der Waals surface area contributed by atoms with Gasteiger partial charge in [-0.3, -0.25) is 25.0 Å². The van der Waals surface area contributed by atoms with Gasteiger partial charge in [-0.2, -0.15) is 0 Å². The van der Waals surface area contributed by atoms with Crippen molar-refractivity contribution in [1.29, 1.82) is 0 Å². The molecule has 0 radical (unpaired) electrons. The van der Waals surface area contributed by atoms with E-state index in [4.69, 9.17) is 11.6 Å². The van der Waals surface area contributed by atoms with E-state index in [0.29, 0.717) is 29.4 Å². The van der Waals surface area contributed by atoms with Crippen molar-refractivity contribution < 1.29 is 19.3 Å². The van der Waals surface area contributed by atoms with Crippen LogP contribution in [0.15, 0.2) is 48.0 Å². The molecule has 0 aliphatic carbocycles. The molecule has 2 saturated heterocycles. The minimum Gasteiger partial charge on any atom is -0.368 e. The Kier molecular flexibility index (Phi) is 5.89. The standard InChI is InChI=1S/C21H18ClN5O5/c22-14-1-3-15(4-2-14)26-20(29)17(19(28)24-21(26)30)12-13-11-16(27(31)32)5-6-18(13)25-9-7-23-8-10-25/h1-6,11-12,23H,7-10H2,(H,24,28,30)/b17-12-. The van der Waals surface area contributed by atoms with E-state index in [9.17, 15) is 24.5 Å². The first-order chi connectivity index (χ1) is 15.3. The van der Waals surface area contributed by atoms with Crippen LogP contribution in [0.1, 0.15) is 5.56 Å². The molecule has 32 heavy (non-hydrogen) atoms. The van der Waals surface area contributed by atoms with Crippen LogP contribution in [0.3, 0.4) is 0 Å². The number of barbiturate groups is 1. The smallest absolute Gasteiger partial charge is 0.335 e. The summed E-state index contributed by atoms with van der Waals surface area (Å²) < 4.78 is 0. The number of nitrogens with one attached hydrogen (secondary N) is 2. The average Bonchev–Trinajstić information content (AvgIpc) is 2.78. The molecule has 0 atom stereocenters. The molecule has 164 valence electrons. The van der Waals surface area contributed by atoms with Gasteiger partial charge in [-0.05, 0) is 36.4 Å². The zero-order valence-electron chi connectivity index (χ0n) is 16.7. The molecule has 11 heteroatoms. The lowest BCUT2D eigenvalue weighted by Crippen LogP contribution is -2.54. The van der Waals surface area contributed by atoms with Crippen LogP contribution >= 0.6 is 11.6 Å². The fourth-order valence-electron chi connectivity index (χ4n) is 3.60. The number of carbonyl (C=O) groups excluding carboxylic acids is 3. The number of nitro groups is 1. The molecule has 4 amide bonds. The first-order valence-corrected chi connectivity index (χ1v) is 10.1. The van der Waals surface area contributed by atoms with Gasteiger partial charge in [0.25, 0.3) is 17.5 Å². The fourth-order valence-corrected chi connectivity index (χ4v) is 3.73. The number of piperazine rings is 1. The van der Waals surface area contributed by atoms with Gasteiger partial charge >= 0.3 is 6.03 Å². The third-order valence-corrected chi connectivity index (χ3v) is 5.42. The van der Waals surface area contributed by atoms with Gasteiger partial charge in [0, 0.05) is 54.6 Å². The normalized spacial score (nSPS) is 18.2. The van der Waals surface area contributed by atoms with Crippen LogP contribution in [0.4, 0.5) is 21.9 Å². The summed E-state index contributed by atoms with van der Waals surface area (Å²) in [5.74, 6) is -1.71. The molecule has 2 aliphatic rings. The SMILES string of the molecule is O=C1NC(=O)N(c2ccc(Cl)cc2)C(=O)/C1=C\c1cc([N+](=O)[O-])ccc1N1CCNCC1. The van der Waals surface area contributed by atoms with Gasteiger partial charge in [0.15, 0.2) is 0 Å². The second-order valence-electron chi connectivity index (χ2n) is 7.17. The van der Waals surface area contributed by atoms with Gasteiger partial charge in [-0.1, -0.05) is 11.6 Å². The van der Waals surface area contributed by atoms with Gasteiger partial charge in [-0.25, -0.2) is 9.69 Å². The van der Waals surface area contributed by atoms with E-state index in [-0.39, 0.29) is 16.9 Å². The molecule has 0 unspecified atom stereocenters. The Morgan fingerprint density at radius 2 is 1.72 bits per heavy atom. The summed E-state index contributed by atoms with van der Waals surface area (Å²) >= 11 is 5.88. The lowest BCUT2D eigenvalue weighted by Gasteiger charge is -2.31. The van der Waals surface area contributed by atoms with Crippen molar-refractivity contribution in [2.45, 2.75) is 0 Å². The highest BCUT2D eigenvalue weighted by Crippen LogP contribution is 2.30. The van der Waals surface area contributed by atoms with E-state index in [1.807, 2.05) is 4.90 Å². The van der Waals surface area contributed by atoms with Gasteiger partial charge in [0.2, 0.25) is 0 Å². The molecule has 2 heterocycles. The zero-order chi connectivity index (χ0) is 22.8. The zero-order valence-corrected chi connectivity index (χ0v) is 17.5. The van der Waals surface area contributed by atoms with E-state index in [0.717, 1.165) is 18.0 Å². The van der Waals surface area contributed by atoms with Crippen molar-refractivity contribution in [3.8, 4) is 0 Å². The van der Waals surface area contributed by atoms with Crippen molar-refractivity contribution in [3.05, 3.63) is 68.7 Å². The van der Waals surface area contributed by atoms with Crippen molar-refractivity contribution in [2.75, 3.05) is 36.0 Å². The molecule has 0 saturated carbocycles. The molecule has 2 aliphatic heterocycles. The van der Waals surface area contributed by atoms with E-state index in [1.54, 1.807) is 6.07 Å². The number of nitro benzene ring substituents is 1. The third kappa shape index (κ3) is 4.18. The van der Waals surface area contributed by atoms with Crippen molar-refractivity contribution >= 4 is 52.6 Å². The molecule has 2 aromatic carbocycles. The summed E-state index contributed by atoms with van der Waals surface area (Å²) in [6, 6.07) is 9.39. The summed E-state index contributed by atoms with van der Waals surface area (Å²) in [7, 11) is 0. The number of hydrogen-bond acceptors (Lipinski definition) is 7. The lowest BCUT2D eigenvalue weighted by atomic mass is 10.0. The Morgan fingerprint density at radius 3 is 2.38 bits per heavy atom. The number of amides is 4. The summed E-state index contributed by atoms with van der Waals surface area (Å²) in [5.41, 5.74) is 0.739. The molecule has 4 rings (SSSR count). The number of non-ortho nitro benzene ring substituents is 1. The number of nitrogens with zero attached hydrogens (tertiary/aromatic N) is 3. The Morgan fingerprint density at radius 1 is 1.03 bits per heavy atom. The van der Waals surface area contributed by atoms with Crippen molar-refractivity contribution in [2.24, 2.45) is 0 Å². The summed E-state index contributed by atoms with van der Waals surface area (Å²) in [6.45, 7) is 2.77. The molecular weight excluding hydrogens is 438 g/mol. The first kappa shape index (κ1) is 21.5. The van der Waals surface area contributed by atoms with Gasteiger partial charge in [0.1, 0.15) is 5.57 Å². The van der Waals surface area contributed by atoms with Crippen LogP contribution in [-0.2, 0) is 9.59 Å². The Bertz CT molecular complexity index is 1140. The second-order valence-corrected chi connectivity index (χ2v) is 7.61. The second kappa shape index (κ2) is 8.77. The van der Waals surface area contributed by atoms with E-state index in [2.05, 4.69) is 10.6 Å². The number of benzene rings is 2.